The van der Waals surface area contributed by atoms with E-state index in [0.717, 1.165) is 13.1 Å². The lowest BCUT2D eigenvalue weighted by Crippen LogP contribution is -2.53. The fourth-order valence-corrected chi connectivity index (χ4v) is 2.39. The Bertz CT molecular complexity index is 297. The molecule has 0 aliphatic carbocycles. The van der Waals surface area contributed by atoms with Crippen molar-refractivity contribution in [3.63, 3.8) is 0 Å². The van der Waals surface area contributed by atoms with E-state index in [9.17, 15) is 0 Å². The molecular weight excluding hydrogens is 198 g/mol. The Morgan fingerprint density at radius 2 is 2.06 bits per heavy atom. The lowest BCUT2D eigenvalue weighted by atomic mass is 9.93. The molecule has 0 bridgehead atoms. The van der Waals surface area contributed by atoms with Gasteiger partial charge in [0.05, 0.1) is 0 Å². The molecule has 0 atom stereocenters. The monoisotopic (exact) mass is 221 g/mol. The van der Waals surface area contributed by atoms with Gasteiger partial charge in [-0.2, -0.15) is 0 Å². The zero-order valence-electron chi connectivity index (χ0n) is 10.4. The Morgan fingerprint density at radius 3 is 2.69 bits per heavy atom. The Morgan fingerprint density at radius 1 is 1.31 bits per heavy atom. The van der Waals surface area contributed by atoms with E-state index in [4.69, 9.17) is 0 Å². The van der Waals surface area contributed by atoms with Crippen molar-refractivity contribution in [2.75, 3.05) is 26.2 Å². The van der Waals surface area contributed by atoms with Gasteiger partial charge in [0, 0.05) is 44.1 Å². The molecule has 1 aliphatic rings. The summed E-state index contributed by atoms with van der Waals surface area (Å²) in [6.07, 6.45) is 6.51. The van der Waals surface area contributed by atoms with Crippen LogP contribution in [-0.2, 0) is 6.42 Å². The number of H-pyrrole nitrogens is 1. The standard InChI is InChI=1S/C13H23N3/c1-13(2,16-9-7-14-8-10-16)5-3-12-4-6-15-11-12/h4,6,11,14-15H,3,5,7-10H2,1-2H3. The molecule has 3 heteroatoms. The number of aromatic nitrogens is 1. The maximum Gasteiger partial charge on any atom is 0.0157 e. The average molecular weight is 221 g/mol. The van der Waals surface area contributed by atoms with E-state index in [1.54, 1.807) is 0 Å². The molecule has 1 aromatic heterocycles. The van der Waals surface area contributed by atoms with Crippen molar-refractivity contribution in [3.05, 3.63) is 24.0 Å². The van der Waals surface area contributed by atoms with Gasteiger partial charge in [0.2, 0.25) is 0 Å². The SMILES string of the molecule is CC(C)(CCc1cc[nH]c1)N1CCNCC1. The first-order chi connectivity index (χ1) is 7.68. The molecule has 0 spiro atoms. The van der Waals surface area contributed by atoms with Gasteiger partial charge in [-0.15, -0.1) is 0 Å². The van der Waals surface area contributed by atoms with Crippen molar-refractivity contribution < 1.29 is 0 Å². The largest absolute Gasteiger partial charge is 0.367 e. The summed E-state index contributed by atoms with van der Waals surface area (Å²) in [5, 5.41) is 3.41. The van der Waals surface area contributed by atoms with Crippen molar-refractivity contribution in [1.82, 2.24) is 15.2 Å². The topological polar surface area (TPSA) is 31.1 Å². The summed E-state index contributed by atoms with van der Waals surface area (Å²) in [4.78, 5) is 5.73. The normalized spacial score (nSPS) is 18.9. The highest BCUT2D eigenvalue weighted by Gasteiger charge is 2.27. The summed E-state index contributed by atoms with van der Waals surface area (Å²) >= 11 is 0. The van der Waals surface area contributed by atoms with Crippen molar-refractivity contribution in [2.45, 2.75) is 32.2 Å². The van der Waals surface area contributed by atoms with Crippen LogP contribution in [0.2, 0.25) is 0 Å². The van der Waals surface area contributed by atoms with Gasteiger partial charge in [-0.3, -0.25) is 4.90 Å². The minimum absolute atomic E-state index is 0.319. The molecule has 0 saturated carbocycles. The van der Waals surface area contributed by atoms with Gasteiger partial charge in [-0.05, 0) is 38.3 Å². The lowest BCUT2D eigenvalue weighted by Gasteiger charge is -2.41. The van der Waals surface area contributed by atoms with Crippen LogP contribution in [0.3, 0.4) is 0 Å². The molecule has 3 nitrogen and oxygen atoms in total. The third-order valence-corrected chi connectivity index (χ3v) is 3.66. The zero-order chi connectivity index (χ0) is 11.4. The number of nitrogens with zero attached hydrogens (tertiary/aromatic N) is 1. The molecular formula is C13H23N3. The summed E-state index contributed by atoms with van der Waals surface area (Å²) in [5.74, 6) is 0. The molecule has 1 fully saturated rings. The number of piperazine rings is 1. The highest BCUT2D eigenvalue weighted by Crippen LogP contribution is 2.21. The van der Waals surface area contributed by atoms with Crippen molar-refractivity contribution >= 4 is 0 Å². The van der Waals surface area contributed by atoms with E-state index in [1.165, 1.54) is 31.5 Å². The van der Waals surface area contributed by atoms with Crippen LogP contribution in [0.1, 0.15) is 25.8 Å². The van der Waals surface area contributed by atoms with Gasteiger partial charge in [0.15, 0.2) is 0 Å². The first-order valence-electron chi connectivity index (χ1n) is 6.26. The number of aryl methyl sites for hydroxylation is 1. The maximum absolute atomic E-state index is 3.41. The third kappa shape index (κ3) is 2.86. The number of rotatable bonds is 4. The number of hydrogen-bond donors (Lipinski definition) is 2. The van der Waals surface area contributed by atoms with E-state index in [2.05, 4.69) is 41.3 Å². The van der Waals surface area contributed by atoms with Crippen molar-refractivity contribution in [3.8, 4) is 0 Å². The van der Waals surface area contributed by atoms with Gasteiger partial charge in [0.1, 0.15) is 0 Å². The highest BCUT2D eigenvalue weighted by atomic mass is 15.2. The Hall–Kier alpha value is -0.800. The predicted molar refractivity (Wildman–Crippen MR) is 67.6 cm³/mol. The van der Waals surface area contributed by atoms with E-state index in [0.29, 0.717) is 5.54 Å². The second-order valence-electron chi connectivity index (χ2n) is 5.27. The predicted octanol–water partition coefficient (Wildman–Crippen LogP) is 1.63. The second-order valence-corrected chi connectivity index (χ2v) is 5.27. The third-order valence-electron chi connectivity index (χ3n) is 3.66. The molecule has 0 radical (unpaired) electrons. The van der Waals surface area contributed by atoms with Crippen LogP contribution in [0.4, 0.5) is 0 Å². The zero-order valence-corrected chi connectivity index (χ0v) is 10.4. The molecule has 2 heterocycles. The van der Waals surface area contributed by atoms with Gasteiger partial charge in [0.25, 0.3) is 0 Å². The second kappa shape index (κ2) is 5.02. The van der Waals surface area contributed by atoms with Crippen LogP contribution in [0, 0.1) is 0 Å². The van der Waals surface area contributed by atoms with E-state index < -0.39 is 0 Å². The smallest absolute Gasteiger partial charge is 0.0157 e. The van der Waals surface area contributed by atoms with Gasteiger partial charge in [-0.25, -0.2) is 0 Å². The molecule has 0 aromatic carbocycles. The highest BCUT2D eigenvalue weighted by molar-refractivity contribution is 5.09. The molecule has 16 heavy (non-hydrogen) atoms. The van der Waals surface area contributed by atoms with E-state index in [1.807, 2.05) is 6.20 Å². The molecule has 0 unspecified atom stereocenters. The number of hydrogen-bond acceptors (Lipinski definition) is 2. The van der Waals surface area contributed by atoms with Crippen LogP contribution < -0.4 is 5.32 Å². The summed E-state index contributed by atoms with van der Waals surface area (Å²) in [7, 11) is 0. The van der Waals surface area contributed by atoms with Gasteiger partial charge >= 0.3 is 0 Å². The molecule has 2 rings (SSSR count). The summed E-state index contributed by atoms with van der Waals surface area (Å²) < 4.78 is 0. The van der Waals surface area contributed by atoms with Crippen LogP contribution >= 0.6 is 0 Å². The number of aromatic amines is 1. The number of nitrogens with one attached hydrogen (secondary N) is 2. The Kier molecular flexibility index (Phi) is 3.66. The molecule has 0 amide bonds. The Labute approximate surface area is 98.2 Å². The Balaban J connectivity index is 1.86. The molecule has 2 N–H and O–H groups in total. The van der Waals surface area contributed by atoms with Crippen molar-refractivity contribution in [2.24, 2.45) is 0 Å². The first kappa shape index (κ1) is 11.7. The summed E-state index contributed by atoms with van der Waals surface area (Å²) in [6, 6.07) is 2.17. The maximum atomic E-state index is 3.41. The van der Waals surface area contributed by atoms with E-state index >= 15 is 0 Å². The van der Waals surface area contributed by atoms with Crippen LogP contribution in [0.25, 0.3) is 0 Å². The summed E-state index contributed by atoms with van der Waals surface area (Å²) in [6.45, 7) is 9.36. The van der Waals surface area contributed by atoms with Crippen LogP contribution in [0.15, 0.2) is 18.5 Å². The fraction of sp³-hybridized carbons (Fsp3) is 0.692. The molecule has 1 aliphatic heterocycles. The summed E-state index contributed by atoms with van der Waals surface area (Å²) in [5.41, 5.74) is 1.74. The van der Waals surface area contributed by atoms with Crippen molar-refractivity contribution in [1.29, 1.82) is 0 Å². The minimum atomic E-state index is 0.319. The average Bonchev–Trinajstić information content (AvgIpc) is 2.81. The molecule has 1 aromatic rings. The lowest BCUT2D eigenvalue weighted by molar-refractivity contribution is 0.0959. The fourth-order valence-electron chi connectivity index (χ4n) is 2.39. The minimum Gasteiger partial charge on any atom is -0.367 e. The molecule has 90 valence electrons. The first-order valence-corrected chi connectivity index (χ1v) is 6.26. The van der Waals surface area contributed by atoms with E-state index in [-0.39, 0.29) is 0 Å². The van der Waals surface area contributed by atoms with Gasteiger partial charge in [-0.1, -0.05) is 0 Å². The quantitative estimate of drug-likeness (QED) is 0.809. The van der Waals surface area contributed by atoms with Gasteiger partial charge < -0.3 is 10.3 Å². The molecule has 1 saturated heterocycles. The van der Waals surface area contributed by atoms with Crippen LogP contribution in [0.5, 0.6) is 0 Å². The van der Waals surface area contributed by atoms with Crippen LogP contribution in [-0.4, -0.2) is 41.6 Å².